The third kappa shape index (κ3) is 21.4. The summed E-state index contributed by atoms with van der Waals surface area (Å²) in [6.07, 6.45) is 12.5. The molecule has 0 unspecified atom stereocenters. The molecule has 8 amide bonds. The zero-order valence-corrected chi connectivity index (χ0v) is 75.3. The molecule has 0 aliphatic carbocycles. The quantitative estimate of drug-likeness (QED) is 0.0195. The Morgan fingerprint density at radius 3 is 1.22 bits per heavy atom. The molecule has 0 saturated heterocycles. The van der Waals surface area contributed by atoms with E-state index < -0.39 is 5.82 Å². The number of anilines is 5. The maximum atomic E-state index is 14.6. The number of hydrogen-bond acceptors (Lipinski definition) is 13. The van der Waals surface area contributed by atoms with Gasteiger partial charge in [-0.05, 0) is 211 Å². The average molecular weight is 1790 g/mol. The average Bonchev–Trinajstić information content (AvgIpc) is 1.61. The lowest BCUT2D eigenvalue weighted by atomic mass is 9.95. The molecule has 9 heterocycles. The number of carbonyl (C=O) groups is 9. The number of likely N-dealkylation sites (N-methyl/N-ethyl adjacent to an activating group) is 1. The second-order valence-corrected chi connectivity index (χ2v) is 34.1. The van der Waals surface area contributed by atoms with E-state index in [4.69, 9.17) is 26.9 Å². The summed E-state index contributed by atoms with van der Waals surface area (Å²) in [5.41, 5.74) is 16.7. The van der Waals surface area contributed by atoms with E-state index in [-0.39, 0.29) is 121 Å². The fourth-order valence-electron chi connectivity index (χ4n) is 17.4. The lowest BCUT2D eigenvalue weighted by Crippen LogP contribution is -2.38. The van der Waals surface area contributed by atoms with Crippen LogP contribution in [0.25, 0.3) is 21.5 Å². The SMILES string of the molecule is C=CC(=O)Nc1ccc2c(Cn3nc(C(=O)Nc4cccc(C)c4)c4c3[C@H](C)CN(C(=O)c3ccc[nH]3)C4)cccc2c1.Cc1cccc(NC(=O)c2nn(Cc3ccc(F)c(CC(=O)/C=C/CCl)c3)c3c2CN(C(=O)c2ccc[nH]2)C[C@H]3C)c1.Cc1cccc(NC(=O)c2nn(Cc3cccc4cc(NC(=O)/C=C/CN(C)C)ccc34)c3c2CN(C(=O)c2ccc[nH]2)C[C@H]3C)c1. The van der Waals surface area contributed by atoms with Crippen molar-refractivity contribution < 1.29 is 47.5 Å². The van der Waals surface area contributed by atoms with E-state index in [1.54, 1.807) is 92.6 Å². The number of amides is 8. The molecule has 0 bridgehead atoms. The zero-order valence-electron chi connectivity index (χ0n) is 74.5. The molecule has 14 aromatic rings. The normalized spacial score (nSPS) is 14.5. The van der Waals surface area contributed by atoms with Gasteiger partial charge in [0, 0.05) is 143 Å². The molecule has 0 radical (unpaired) electrons. The van der Waals surface area contributed by atoms with Crippen molar-refractivity contribution in [3.05, 3.63) is 368 Å². The van der Waals surface area contributed by atoms with Crippen LogP contribution in [-0.4, -0.2) is 163 Å². The number of H-pyrrole nitrogens is 3. The van der Waals surface area contributed by atoms with Crippen molar-refractivity contribution in [1.29, 1.82) is 0 Å². The number of aromatic nitrogens is 9. The van der Waals surface area contributed by atoms with Crippen molar-refractivity contribution in [2.45, 2.75) is 105 Å². The molecule has 3 atom stereocenters. The Morgan fingerprint density at radius 1 is 0.447 bits per heavy atom. The summed E-state index contributed by atoms with van der Waals surface area (Å²) in [4.78, 5) is 134. The summed E-state index contributed by atoms with van der Waals surface area (Å²) >= 11 is 5.62. The number of aromatic amines is 3. The van der Waals surface area contributed by atoms with Crippen LogP contribution < -0.4 is 26.6 Å². The van der Waals surface area contributed by atoms with Crippen molar-refractivity contribution in [2.75, 3.05) is 72.7 Å². The lowest BCUT2D eigenvalue weighted by molar-refractivity contribution is -0.114. The Kier molecular flexibility index (Phi) is 28.3. The second kappa shape index (κ2) is 40.9. The van der Waals surface area contributed by atoms with Crippen LogP contribution in [0.1, 0.15) is 174 Å². The van der Waals surface area contributed by atoms with E-state index >= 15 is 0 Å². The van der Waals surface area contributed by atoms with Gasteiger partial charge in [-0.3, -0.25) is 57.2 Å². The monoisotopic (exact) mass is 1790 g/mol. The first-order chi connectivity index (χ1) is 63.7. The van der Waals surface area contributed by atoms with Gasteiger partial charge >= 0.3 is 0 Å². The van der Waals surface area contributed by atoms with Crippen molar-refractivity contribution in [2.24, 2.45) is 0 Å². The summed E-state index contributed by atoms with van der Waals surface area (Å²) in [5, 5.41) is 33.2. The van der Waals surface area contributed by atoms with Gasteiger partial charge in [0.1, 0.15) is 22.9 Å². The molecule has 672 valence electrons. The largest absolute Gasteiger partial charge is 0.357 e. The van der Waals surface area contributed by atoms with Crippen LogP contribution in [0.4, 0.5) is 32.8 Å². The Balaban J connectivity index is 0.000000152. The smallest absolute Gasteiger partial charge is 0.276 e. The zero-order chi connectivity index (χ0) is 93.0. The second-order valence-electron chi connectivity index (χ2n) is 33.8. The van der Waals surface area contributed by atoms with E-state index in [2.05, 4.69) is 68.0 Å². The van der Waals surface area contributed by atoms with Gasteiger partial charge in [-0.25, -0.2) is 4.39 Å². The standard InChI is InChI=1S/C37H39N7O3.C34H32N6O3.C32H31ClFN5O3/c1-24-9-5-12-28(19-24)40-36(46)34-31-23-43(37(47)32-13-7-17-38-32)21-25(2)35(31)44(41-34)22-27-11-6-10-26-20-29(15-16-30(26)27)39-33(45)14-8-18-42(3)4;1-4-30(41)36-26-13-14-27-23(17-26)9-6-10-24(27)19-40-32-22(3)18-39(34(43)29-12-7-15-35-29)20-28(32)31(38-40)33(42)37-25-11-5-8-21(2)16-25;1-20-6-3-7-24(14-20)36-31(41)29-26-19-38(32(42)28-9-5-13-35-28)17-21(2)30(26)39(37-29)18-22-10-11-27(34)23(15-22)16-25(40)8-4-12-33/h5-17,19-20,25,38H,18,21-23H2,1-4H3,(H,39,45)(H,40,46);4-17,22,35H,1,18-20H2,2-3H3,(H,36,41)(H,37,42);3-11,13-15,21,35H,12,16-19H2,1-2H3,(H,36,41)/b14-8+;;8-4+/t25-;22-;21-/m111/s1. The van der Waals surface area contributed by atoms with Gasteiger partial charge < -0.3 is 61.1 Å². The van der Waals surface area contributed by atoms with E-state index in [0.29, 0.717) is 102 Å². The van der Waals surface area contributed by atoms with Crippen molar-refractivity contribution in [1.82, 2.24) is 63.9 Å². The molecule has 29 heteroatoms. The van der Waals surface area contributed by atoms with Gasteiger partial charge in [-0.15, -0.1) is 11.6 Å². The van der Waals surface area contributed by atoms with Crippen molar-refractivity contribution in [3.63, 3.8) is 0 Å². The number of rotatable bonds is 25. The van der Waals surface area contributed by atoms with E-state index in [0.717, 1.165) is 83.1 Å². The first kappa shape index (κ1) is 91.3. The van der Waals surface area contributed by atoms with E-state index in [1.165, 1.54) is 24.3 Å². The lowest BCUT2D eigenvalue weighted by Gasteiger charge is -2.32. The van der Waals surface area contributed by atoms with Crippen LogP contribution in [-0.2, 0) is 60.1 Å². The predicted molar refractivity (Wildman–Crippen MR) is 511 cm³/mol. The molecular formula is C103H102ClFN18O9. The molecule has 17 rings (SSSR count). The number of hydrogen-bond donors (Lipinski definition) is 8. The Hall–Kier alpha value is -15.4. The number of carbonyl (C=O) groups excluding carboxylic acids is 9. The molecule has 0 fully saturated rings. The molecule has 3 aliphatic heterocycles. The van der Waals surface area contributed by atoms with Gasteiger partial charge in [-0.2, -0.15) is 15.3 Å². The molecule has 0 saturated carbocycles. The van der Waals surface area contributed by atoms with Crippen LogP contribution in [0.2, 0.25) is 0 Å². The highest BCUT2D eigenvalue weighted by Crippen LogP contribution is 2.38. The van der Waals surface area contributed by atoms with E-state index in [9.17, 15) is 47.5 Å². The number of ketones is 1. The number of alkyl halides is 1. The Morgan fingerprint density at radius 2 is 0.841 bits per heavy atom. The number of nitrogens with zero attached hydrogens (tertiary/aromatic N) is 10. The number of allylic oxidation sites excluding steroid dienone is 2. The fourth-order valence-corrected chi connectivity index (χ4v) is 17.4. The molecular weight excluding hydrogens is 1690 g/mol. The highest BCUT2D eigenvalue weighted by molar-refractivity contribution is 6.19. The van der Waals surface area contributed by atoms with Gasteiger partial charge in [-0.1, -0.05) is 137 Å². The minimum atomic E-state index is -0.473. The molecule has 0 spiro atoms. The van der Waals surface area contributed by atoms with Gasteiger partial charge in [0.15, 0.2) is 22.9 Å². The minimum Gasteiger partial charge on any atom is -0.357 e. The maximum absolute atomic E-state index is 14.6. The van der Waals surface area contributed by atoms with Crippen LogP contribution in [0, 0.1) is 26.6 Å². The summed E-state index contributed by atoms with van der Waals surface area (Å²) in [5.74, 6) is -2.65. The van der Waals surface area contributed by atoms with Crippen LogP contribution in [0.3, 0.4) is 0 Å². The summed E-state index contributed by atoms with van der Waals surface area (Å²) in [6.45, 7) is 19.5. The number of fused-ring (bicyclic) bond motifs is 5. The number of aryl methyl sites for hydroxylation is 3. The van der Waals surface area contributed by atoms with E-state index in [1.807, 2.05) is 202 Å². The fraction of sp³-hybridized carbons (Fsp3) is 0.223. The minimum absolute atomic E-state index is 0.0635. The first-order valence-corrected chi connectivity index (χ1v) is 44.1. The maximum Gasteiger partial charge on any atom is 0.276 e. The molecule has 8 aromatic carbocycles. The highest BCUT2D eigenvalue weighted by atomic mass is 35.5. The van der Waals surface area contributed by atoms with Gasteiger partial charge in [0.25, 0.3) is 35.4 Å². The van der Waals surface area contributed by atoms with Crippen molar-refractivity contribution in [3.8, 4) is 0 Å². The third-order valence-electron chi connectivity index (χ3n) is 23.3. The summed E-state index contributed by atoms with van der Waals surface area (Å²) < 4.78 is 20.2. The van der Waals surface area contributed by atoms with Crippen LogP contribution >= 0.6 is 11.6 Å². The predicted octanol–water partition coefficient (Wildman–Crippen LogP) is 17.3. The topological polar surface area (TPSA) is 328 Å². The first-order valence-electron chi connectivity index (χ1n) is 43.5. The molecule has 8 N–H and O–H groups in total. The Bertz CT molecular complexity index is 6780. The molecule has 6 aromatic heterocycles. The van der Waals surface area contributed by atoms with Crippen LogP contribution in [0.5, 0.6) is 0 Å². The number of halogens is 2. The molecule has 132 heavy (non-hydrogen) atoms. The Labute approximate surface area is 767 Å². The van der Waals surface area contributed by atoms with Gasteiger partial charge in [0.2, 0.25) is 11.8 Å². The van der Waals surface area contributed by atoms with Gasteiger partial charge in [0.05, 0.1) is 39.3 Å². The number of benzene rings is 8. The number of nitrogens with one attached hydrogen (secondary N) is 8. The molecule has 27 nitrogen and oxygen atoms in total. The highest BCUT2D eigenvalue weighted by Gasteiger charge is 2.39. The summed E-state index contributed by atoms with van der Waals surface area (Å²) in [7, 11) is 3.90. The van der Waals surface area contributed by atoms with Crippen LogP contribution in [0.15, 0.2) is 256 Å². The molecule has 3 aliphatic rings. The van der Waals surface area contributed by atoms with Crippen molar-refractivity contribution >= 4 is 115 Å². The summed E-state index contributed by atoms with van der Waals surface area (Å²) in [6, 6.07) is 61.7. The third-order valence-corrected chi connectivity index (χ3v) is 23.5.